The number of fused-ring (bicyclic) bond motifs is 1. The minimum absolute atomic E-state index is 0.0105. The summed E-state index contributed by atoms with van der Waals surface area (Å²) in [5, 5.41) is 0.102. The highest BCUT2D eigenvalue weighted by atomic mass is 79.9. The van der Waals surface area contributed by atoms with Crippen LogP contribution in [0.5, 0.6) is 0 Å². The molecule has 4 nitrogen and oxygen atoms in total. The van der Waals surface area contributed by atoms with E-state index < -0.39 is 11.7 Å². The summed E-state index contributed by atoms with van der Waals surface area (Å²) in [5.41, 5.74) is 11.2. The van der Waals surface area contributed by atoms with E-state index in [0.29, 0.717) is 9.99 Å². The van der Waals surface area contributed by atoms with Crippen molar-refractivity contribution in [1.29, 1.82) is 0 Å². The Morgan fingerprint density at radius 1 is 1.44 bits per heavy atom. The molecule has 0 unspecified atom stereocenters. The normalized spacial score (nSPS) is 10.6. The van der Waals surface area contributed by atoms with Gasteiger partial charge < -0.3 is 11.5 Å². The second-order valence-corrected chi connectivity index (χ2v) is 4.06. The van der Waals surface area contributed by atoms with E-state index in [9.17, 15) is 9.18 Å². The third kappa shape index (κ3) is 1.51. The number of nitrogens with zero attached hydrogens (tertiary/aromatic N) is 1. The predicted octanol–water partition coefficient (Wildman–Crippen LogP) is 1.82. The van der Waals surface area contributed by atoms with Crippen LogP contribution in [0, 0.1) is 5.82 Å². The van der Waals surface area contributed by atoms with Gasteiger partial charge in [0.15, 0.2) is 0 Å². The molecule has 6 heteroatoms. The molecule has 0 aliphatic carbocycles. The van der Waals surface area contributed by atoms with Crippen molar-refractivity contribution in [2.75, 3.05) is 5.73 Å². The van der Waals surface area contributed by atoms with Crippen molar-refractivity contribution in [2.45, 2.75) is 0 Å². The zero-order chi connectivity index (χ0) is 11.9. The summed E-state index contributed by atoms with van der Waals surface area (Å²) in [6, 6.07) is 2.77. The second kappa shape index (κ2) is 3.71. The molecule has 4 N–H and O–H groups in total. The molecule has 0 fully saturated rings. The number of nitrogens with two attached hydrogens (primary N) is 2. The standard InChI is InChI=1S/C10H7BrFN3O/c11-5-1-2-6(12)7-8(13)4(10(14)16)3-15-9(5)7/h1-3H,(H2,13,15)(H2,14,16). The van der Waals surface area contributed by atoms with Crippen LogP contribution in [0.25, 0.3) is 10.9 Å². The number of rotatable bonds is 1. The number of primary amides is 1. The van der Waals surface area contributed by atoms with Crippen LogP contribution in [-0.4, -0.2) is 10.9 Å². The molecule has 1 heterocycles. The van der Waals surface area contributed by atoms with E-state index in [0.717, 1.165) is 0 Å². The second-order valence-electron chi connectivity index (χ2n) is 3.20. The third-order valence-electron chi connectivity index (χ3n) is 2.23. The van der Waals surface area contributed by atoms with Gasteiger partial charge in [-0.3, -0.25) is 9.78 Å². The Morgan fingerprint density at radius 2 is 2.12 bits per heavy atom. The number of benzene rings is 1. The van der Waals surface area contributed by atoms with Crippen LogP contribution in [0.2, 0.25) is 0 Å². The highest BCUT2D eigenvalue weighted by Crippen LogP contribution is 2.30. The monoisotopic (exact) mass is 283 g/mol. The van der Waals surface area contributed by atoms with Gasteiger partial charge in [0.1, 0.15) is 5.82 Å². The average molecular weight is 284 g/mol. The lowest BCUT2D eigenvalue weighted by Crippen LogP contribution is -2.14. The molecule has 0 radical (unpaired) electrons. The summed E-state index contributed by atoms with van der Waals surface area (Å²) >= 11 is 3.23. The maximum absolute atomic E-state index is 13.6. The average Bonchev–Trinajstić information content (AvgIpc) is 2.23. The Labute approximate surface area is 98.6 Å². The quantitative estimate of drug-likeness (QED) is 0.838. The lowest BCUT2D eigenvalue weighted by Gasteiger charge is -2.07. The summed E-state index contributed by atoms with van der Waals surface area (Å²) in [4.78, 5) is 15.0. The van der Waals surface area contributed by atoms with Crippen molar-refractivity contribution in [3.05, 3.63) is 34.2 Å². The Bertz CT molecular complexity index is 600. The van der Waals surface area contributed by atoms with Gasteiger partial charge in [-0.1, -0.05) is 0 Å². The van der Waals surface area contributed by atoms with Crippen molar-refractivity contribution < 1.29 is 9.18 Å². The lowest BCUT2D eigenvalue weighted by molar-refractivity contribution is 0.100. The van der Waals surface area contributed by atoms with Crippen molar-refractivity contribution in [3.63, 3.8) is 0 Å². The lowest BCUT2D eigenvalue weighted by atomic mass is 10.1. The van der Waals surface area contributed by atoms with Crippen LogP contribution in [0.4, 0.5) is 10.1 Å². The highest BCUT2D eigenvalue weighted by molar-refractivity contribution is 9.10. The summed E-state index contributed by atoms with van der Waals surface area (Å²) in [5.74, 6) is -1.27. The molecular weight excluding hydrogens is 277 g/mol. The largest absolute Gasteiger partial charge is 0.397 e. The van der Waals surface area contributed by atoms with Gasteiger partial charge in [-0.25, -0.2) is 4.39 Å². The molecule has 16 heavy (non-hydrogen) atoms. The predicted molar refractivity (Wildman–Crippen MR) is 62.3 cm³/mol. The van der Waals surface area contributed by atoms with Gasteiger partial charge in [-0.15, -0.1) is 0 Å². The summed E-state index contributed by atoms with van der Waals surface area (Å²) in [6.07, 6.45) is 1.24. The fraction of sp³-hybridized carbons (Fsp3) is 0. The number of amides is 1. The maximum Gasteiger partial charge on any atom is 0.252 e. The first-order valence-corrected chi connectivity index (χ1v) is 5.13. The Morgan fingerprint density at radius 3 is 2.75 bits per heavy atom. The number of carbonyl (C=O) groups is 1. The van der Waals surface area contributed by atoms with Gasteiger partial charge in [0.25, 0.3) is 5.91 Å². The van der Waals surface area contributed by atoms with Crippen LogP contribution >= 0.6 is 15.9 Å². The molecule has 0 aliphatic rings. The molecule has 0 spiro atoms. The molecule has 0 atom stereocenters. The van der Waals surface area contributed by atoms with E-state index in [1.54, 1.807) is 0 Å². The van der Waals surface area contributed by atoms with Crippen LogP contribution in [0.1, 0.15) is 10.4 Å². The molecule has 0 saturated carbocycles. The molecule has 82 valence electrons. The first-order chi connectivity index (χ1) is 7.52. The van der Waals surface area contributed by atoms with Crippen molar-refractivity contribution in [2.24, 2.45) is 5.73 Å². The minimum Gasteiger partial charge on any atom is -0.397 e. The van der Waals surface area contributed by atoms with E-state index in [4.69, 9.17) is 11.5 Å². The number of aromatic nitrogens is 1. The topological polar surface area (TPSA) is 82.0 Å². The maximum atomic E-state index is 13.6. The summed E-state index contributed by atoms with van der Waals surface area (Å²) < 4.78 is 14.2. The van der Waals surface area contributed by atoms with Crippen molar-refractivity contribution >= 4 is 38.4 Å². The van der Waals surface area contributed by atoms with Crippen LogP contribution in [0.15, 0.2) is 22.8 Å². The first-order valence-electron chi connectivity index (χ1n) is 4.34. The zero-order valence-electron chi connectivity index (χ0n) is 8.00. The van der Waals surface area contributed by atoms with Gasteiger partial charge in [0.05, 0.1) is 22.2 Å². The van der Waals surface area contributed by atoms with E-state index in [1.165, 1.54) is 18.3 Å². The van der Waals surface area contributed by atoms with E-state index in [1.807, 2.05) is 0 Å². The molecule has 0 bridgehead atoms. The van der Waals surface area contributed by atoms with Crippen LogP contribution in [0.3, 0.4) is 0 Å². The zero-order valence-corrected chi connectivity index (χ0v) is 9.58. The Hall–Kier alpha value is -1.69. The third-order valence-corrected chi connectivity index (χ3v) is 2.87. The summed E-state index contributed by atoms with van der Waals surface area (Å²) in [7, 11) is 0. The van der Waals surface area contributed by atoms with E-state index >= 15 is 0 Å². The number of nitrogen functional groups attached to an aromatic ring is 1. The minimum atomic E-state index is -0.730. The molecule has 1 aromatic carbocycles. The fourth-order valence-electron chi connectivity index (χ4n) is 1.45. The van der Waals surface area contributed by atoms with Gasteiger partial charge in [0.2, 0.25) is 0 Å². The van der Waals surface area contributed by atoms with E-state index in [2.05, 4.69) is 20.9 Å². The molecule has 0 saturated heterocycles. The molecule has 2 rings (SSSR count). The smallest absolute Gasteiger partial charge is 0.252 e. The molecule has 0 aliphatic heterocycles. The van der Waals surface area contributed by atoms with Crippen LogP contribution < -0.4 is 11.5 Å². The van der Waals surface area contributed by atoms with Gasteiger partial charge in [-0.2, -0.15) is 0 Å². The van der Waals surface area contributed by atoms with Crippen LogP contribution in [-0.2, 0) is 0 Å². The van der Waals surface area contributed by atoms with Gasteiger partial charge in [0, 0.05) is 10.7 Å². The molecule has 1 aromatic heterocycles. The number of halogens is 2. The highest BCUT2D eigenvalue weighted by Gasteiger charge is 2.15. The number of pyridine rings is 1. The van der Waals surface area contributed by atoms with Gasteiger partial charge >= 0.3 is 0 Å². The SMILES string of the molecule is NC(=O)c1cnc2c(Br)ccc(F)c2c1N. The Kier molecular flexibility index (Phi) is 2.51. The molecular formula is C10H7BrFN3O. The number of hydrogen-bond acceptors (Lipinski definition) is 3. The molecule has 2 aromatic rings. The number of carbonyl (C=O) groups excluding carboxylic acids is 1. The molecule has 1 amide bonds. The number of anilines is 1. The Balaban J connectivity index is 2.94. The fourth-order valence-corrected chi connectivity index (χ4v) is 1.89. The summed E-state index contributed by atoms with van der Waals surface area (Å²) in [6.45, 7) is 0. The van der Waals surface area contributed by atoms with Crippen molar-refractivity contribution in [1.82, 2.24) is 4.98 Å². The van der Waals surface area contributed by atoms with Gasteiger partial charge in [-0.05, 0) is 28.1 Å². The number of hydrogen-bond donors (Lipinski definition) is 2. The van der Waals surface area contributed by atoms with Crippen molar-refractivity contribution in [3.8, 4) is 0 Å². The first kappa shape index (κ1) is 10.8. The van der Waals surface area contributed by atoms with E-state index in [-0.39, 0.29) is 16.6 Å².